The predicted molar refractivity (Wildman–Crippen MR) is 84.7 cm³/mol. The number of rotatable bonds is 3. The topological polar surface area (TPSA) is 53.3 Å². The molecule has 1 aliphatic rings. The number of methoxy groups -OCH3 is 1. The Labute approximate surface area is 130 Å². The summed E-state index contributed by atoms with van der Waals surface area (Å²) < 4.78 is 4.95. The summed E-state index contributed by atoms with van der Waals surface area (Å²) in [5.74, 6) is 0.593. The van der Waals surface area contributed by atoms with Crippen molar-refractivity contribution in [2.24, 2.45) is 0 Å². The van der Waals surface area contributed by atoms with Gasteiger partial charge >= 0.3 is 0 Å². The average molecular weight is 304 g/mol. The van der Waals surface area contributed by atoms with Crippen molar-refractivity contribution in [2.75, 3.05) is 26.5 Å². The first-order chi connectivity index (χ1) is 10.0. The fourth-order valence-electron chi connectivity index (χ4n) is 2.59. The molecular weight excluding hydrogens is 284 g/mol. The van der Waals surface area contributed by atoms with Gasteiger partial charge in [-0.2, -0.15) is 5.26 Å². The van der Waals surface area contributed by atoms with Crippen LogP contribution in [-0.4, -0.2) is 42.0 Å². The van der Waals surface area contributed by atoms with Crippen LogP contribution >= 0.6 is 11.8 Å². The van der Waals surface area contributed by atoms with E-state index in [1.54, 1.807) is 18.9 Å². The molecule has 2 rings (SSSR count). The lowest BCUT2D eigenvalue weighted by molar-refractivity contribution is 0.0713. The van der Waals surface area contributed by atoms with Gasteiger partial charge in [-0.05, 0) is 38.2 Å². The second-order valence-electron chi connectivity index (χ2n) is 5.31. The molecule has 1 saturated heterocycles. The van der Waals surface area contributed by atoms with Crippen LogP contribution < -0.4 is 4.74 Å². The van der Waals surface area contributed by atoms with Gasteiger partial charge < -0.3 is 9.64 Å². The molecule has 0 aromatic heterocycles. The van der Waals surface area contributed by atoms with Crippen LogP contribution in [0.1, 0.15) is 28.8 Å². The van der Waals surface area contributed by atoms with E-state index >= 15 is 0 Å². The summed E-state index contributed by atoms with van der Waals surface area (Å²) in [6.45, 7) is 3.19. The number of hydrogen-bond donors (Lipinski definition) is 0. The molecule has 5 heteroatoms. The van der Waals surface area contributed by atoms with Crippen molar-refractivity contribution in [3.05, 3.63) is 29.3 Å². The molecule has 4 nitrogen and oxygen atoms in total. The highest BCUT2D eigenvalue weighted by Crippen LogP contribution is 2.34. The normalized spacial score (nSPS) is 17.1. The SMILES string of the molecule is COc1ccc(C)cc1C(=O)N1CCC(C#N)(SC)CC1. The number of thioether (sulfide) groups is 1. The maximum absolute atomic E-state index is 12.7. The smallest absolute Gasteiger partial charge is 0.257 e. The van der Waals surface area contributed by atoms with E-state index in [4.69, 9.17) is 4.74 Å². The van der Waals surface area contributed by atoms with Crippen LogP contribution in [0.25, 0.3) is 0 Å². The first-order valence-corrected chi connectivity index (χ1v) is 8.18. The largest absolute Gasteiger partial charge is 0.496 e. The van der Waals surface area contributed by atoms with E-state index in [-0.39, 0.29) is 10.7 Å². The van der Waals surface area contributed by atoms with E-state index in [1.807, 2.05) is 36.3 Å². The number of carbonyl (C=O) groups is 1. The van der Waals surface area contributed by atoms with Crippen LogP contribution in [0.2, 0.25) is 0 Å². The third-order valence-electron chi connectivity index (χ3n) is 4.04. The van der Waals surface area contributed by atoms with Gasteiger partial charge in [-0.25, -0.2) is 0 Å². The number of ether oxygens (including phenoxy) is 1. The first-order valence-electron chi connectivity index (χ1n) is 6.95. The van der Waals surface area contributed by atoms with E-state index in [1.165, 1.54) is 0 Å². The van der Waals surface area contributed by atoms with Crippen LogP contribution in [0.5, 0.6) is 5.75 Å². The Morgan fingerprint density at radius 1 is 1.43 bits per heavy atom. The lowest BCUT2D eigenvalue weighted by atomic mass is 9.96. The summed E-state index contributed by atoms with van der Waals surface area (Å²) in [7, 11) is 1.58. The summed E-state index contributed by atoms with van der Waals surface area (Å²) in [6, 6.07) is 8.02. The van der Waals surface area contributed by atoms with Crippen LogP contribution in [0.4, 0.5) is 0 Å². The maximum atomic E-state index is 12.7. The minimum Gasteiger partial charge on any atom is -0.496 e. The minimum atomic E-state index is -0.340. The van der Waals surface area contributed by atoms with Crippen molar-refractivity contribution in [3.63, 3.8) is 0 Å². The van der Waals surface area contributed by atoms with Crippen molar-refractivity contribution < 1.29 is 9.53 Å². The molecule has 0 atom stereocenters. The number of aryl methyl sites for hydroxylation is 1. The standard InChI is InChI=1S/C16H20N2O2S/c1-12-4-5-14(20-2)13(10-12)15(19)18-8-6-16(11-17,21-3)7-9-18/h4-5,10H,6-9H2,1-3H3. The Bertz CT molecular complexity index is 572. The molecule has 0 unspecified atom stereocenters. The third kappa shape index (κ3) is 3.16. The maximum Gasteiger partial charge on any atom is 0.257 e. The molecule has 1 aromatic carbocycles. The van der Waals surface area contributed by atoms with Gasteiger partial charge in [0.15, 0.2) is 0 Å². The van der Waals surface area contributed by atoms with Crippen molar-refractivity contribution in [2.45, 2.75) is 24.5 Å². The molecule has 0 spiro atoms. The number of nitriles is 1. The lowest BCUT2D eigenvalue weighted by Gasteiger charge is -2.36. The molecule has 1 aliphatic heterocycles. The van der Waals surface area contributed by atoms with Gasteiger partial charge in [0.2, 0.25) is 0 Å². The average Bonchev–Trinajstić information content (AvgIpc) is 2.54. The molecule has 1 heterocycles. The second-order valence-corrected chi connectivity index (χ2v) is 6.50. The Morgan fingerprint density at radius 3 is 2.62 bits per heavy atom. The Kier molecular flexibility index (Phi) is 4.79. The van der Waals surface area contributed by atoms with E-state index < -0.39 is 0 Å². The highest BCUT2D eigenvalue weighted by atomic mass is 32.2. The number of benzene rings is 1. The summed E-state index contributed by atoms with van der Waals surface area (Å²) in [5.41, 5.74) is 1.64. The first kappa shape index (κ1) is 15.7. The highest BCUT2D eigenvalue weighted by molar-refractivity contribution is 8.00. The molecule has 0 aliphatic carbocycles. The predicted octanol–water partition coefficient (Wildman–Crippen LogP) is 2.87. The lowest BCUT2D eigenvalue weighted by Crippen LogP contribution is -2.44. The molecule has 0 radical (unpaired) electrons. The van der Waals surface area contributed by atoms with Crippen molar-refractivity contribution >= 4 is 17.7 Å². The summed E-state index contributed by atoms with van der Waals surface area (Å²) in [5, 5.41) is 9.31. The van der Waals surface area contributed by atoms with Crippen LogP contribution in [0, 0.1) is 18.3 Å². The van der Waals surface area contributed by atoms with Crippen LogP contribution in [0.3, 0.4) is 0 Å². The quantitative estimate of drug-likeness (QED) is 0.861. The molecule has 112 valence electrons. The second kappa shape index (κ2) is 6.40. The zero-order valence-electron chi connectivity index (χ0n) is 12.7. The fourth-order valence-corrected chi connectivity index (χ4v) is 3.27. The summed E-state index contributed by atoms with van der Waals surface area (Å²) >= 11 is 1.59. The van der Waals surface area contributed by atoms with Crippen molar-refractivity contribution in [1.82, 2.24) is 4.90 Å². The van der Waals surface area contributed by atoms with Gasteiger partial charge in [-0.1, -0.05) is 11.6 Å². The molecule has 1 amide bonds. The zero-order chi connectivity index (χ0) is 15.5. The van der Waals surface area contributed by atoms with Gasteiger partial charge in [0.1, 0.15) is 10.5 Å². The Morgan fingerprint density at radius 2 is 2.10 bits per heavy atom. The van der Waals surface area contributed by atoms with Crippen molar-refractivity contribution in [1.29, 1.82) is 5.26 Å². The monoisotopic (exact) mass is 304 g/mol. The Balaban J connectivity index is 2.16. The number of likely N-dealkylation sites (tertiary alicyclic amines) is 1. The zero-order valence-corrected chi connectivity index (χ0v) is 13.5. The van der Waals surface area contributed by atoms with Gasteiger partial charge in [0.25, 0.3) is 5.91 Å². The molecule has 1 fully saturated rings. The molecular formula is C16H20N2O2S. The number of nitrogens with zero attached hydrogens (tertiary/aromatic N) is 2. The van der Waals surface area contributed by atoms with Gasteiger partial charge in [0.05, 0.1) is 18.7 Å². The van der Waals surface area contributed by atoms with E-state index in [0.29, 0.717) is 37.2 Å². The van der Waals surface area contributed by atoms with Crippen LogP contribution in [-0.2, 0) is 0 Å². The molecule has 21 heavy (non-hydrogen) atoms. The number of amides is 1. The van der Waals surface area contributed by atoms with E-state index in [0.717, 1.165) is 5.56 Å². The van der Waals surface area contributed by atoms with Crippen molar-refractivity contribution in [3.8, 4) is 11.8 Å². The highest BCUT2D eigenvalue weighted by Gasteiger charge is 2.36. The van der Waals surface area contributed by atoms with E-state index in [9.17, 15) is 10.1 Å². The minimum absolute atomic E-state index is 0.0109. The molecule has 1 aromatic rings. The number of piperidine rings is 1. The van der Waals surface area contributed by atoms with Gasteiger partial charge in [0, 0.05) is 13.1 Å². The fraction of sp³-hybridized carbons (Fsp3) is 0.500. The van der Waals surface area contributed by atoms with Gasteiger partial charge in [-0.3, -0.25) is 4.79 Å². The third-order valence-corrected chi connectivity index (χ3v) is 5.32. The summed E-state index contributed by atoms with van der Waals surface area (Å²) in [6.07, 6.45) is 3.39. The Hall–Kier alpha value is -1.67. The molecule has 0 bridgehead atoms. The number of hydrogen-bond acceptors (Lipinski definition) is 4. The van der Waals surface area contributed by atoms with E-state index in [2.05, 4.69) is 6.07 Å². The summed E-state index contributed by atoms with van der Waals surface area (Å²) in [4.78, 5) is 14.5. The van der Waals surface area contributed by atoms with Gasteiger partial charge in [-0.15, -0.1) is 11.8 Å². The molecule has 0 saturated carbocycles. The number of carbonyl (C=O) groups excluding carboxylic acids is 1. The molecule has 0 N–H and O–H groups in total. The van der Waals surface area contributed by atoms with Crippen LogP contribution in [0.15, 0.2) is 18.2 Å².